The molecular weight excluding hydrogens is 202 g/mol. The Morgan fingerprint density at radius 2 is 2.12 bits per heavy atom. The average molecular weight is 217 g/mol. The third kappa shape index (κ3) is 3.41. The normalized spacial score (nSPS) is 13.5. The number of hydrogen-bond acceptors (Lipinski definition) is 2. The van der Waals surface area contributed by atoms with Gasteiger partial charge in [0.1, 0.15) is 0 Å². The van der Waals surface area contributed by atoms with Gasteiger partial charge in [-0.2, -0.15) is 0 Å². The Kier molecular flexibility index (Phi) is 5.10. The van der Waals surface area contributed by atoms with Crippen LogP contribution in [0.4, 0.5) is 0 Å². The molecule has 0 bridgehead atoms. The summed E-state index contributed by atoms with van der Waals surface area (Å²) in [6.45, 7) is 0. The Balaban J connectivity index is 2.70. The molecule has 0 aliphatic rings. The number of benzene rings is 1. The van der Waals surface area contributed by atoms with Crippen molar-refractivity contribution < 1.29 is 9.90 Å². The van der Waals surface area contributed by atoms with Gasteiger partial charge in [-0.1, -0.05) is 30.3 Å². The lowest BCUT2D eigenvalue weighted by Crippen LogP contribution is -2.33. The van der Waals surface area contributed by atoms with Gasteiger partial charge < -0.3 is 10.4 Å². The Hall–Kier alpha value is -1.79. The minimum atomic E-state index is -0.722. The van der Waals surface area contributed by atoms with Gasteiger partial charge in [-0.05, 0) is 12.0 Å². The van der Waals surface area contributed by atoms with Crippen molar-refractivity contribution in [3.63, 3.8) is 0 Å². The summed E-state index contributed by atoms with van der Waals surface area (Å²) in [6, 6.07) is 8.87. The summed E-state index contributed by atoms with van der Waals surface area (Å²) in [5.41, 5.74) is 0.777. The van der Waals surface area contributed by atoms with E-state index in [1.807, 2.05) is 30.3 Å². The number of carbonyl (C=O) groups excluding carboxylic acids is 1. The van der Waals surface area contributed by atoms with Crippen LogP contribution in [0, 0.1) is 12.3 Å². The van der Waals surface area contributed by atoms with E-state index >= 15 is 0 Å². The van der Waals surface area contributed by atoms with Crippen molar-refractivity contribution in [1.82, 2.24) is 5.32 Å². The molecule has 3 nitrogen and oxygen atoms in total. The monoisotopic (exact) mass is 217 g/mol. The van der Waals surface area contributed by atoms with Crippen molar-refractivity contribution in [2.24, 2.45) is 0 Å². The molecule has 0 saturated carbocycles. The maximum Gasteiger partial charge on any atom is 0.207 e. The zero-order valence-corrected chi connectivity index (χ0v) is 8.97. The highest BCUT2D eigenvalue weighted by Crippen LogP contribution is 2.19. The van der Waals surface area contributed by atoms with Crippen LogP contribution in [0.1, 0.15) is 24.5 Å². The number of aliphatic hydroxyl groups is 1. The van der Waals surface area contributed by atoms with E-state index in [0.717, 1.165) is 5.56 Å². The Bertz CT molecular complexity index is 356. The first kappa shape index (κ1) is 12.3. The van der Waals surface area contributed by atoms with E-state index in [1.165, 1.54) is 0 Å². The summed E-state index contributed by atoms with van der Waals surface area (Å²) in [4.78, 5) is 10.4. The average Bonchev–Trinajstić information content (AvgIpc) is 2.35. The molecule has 0 aliphatic heterocycles. The molecule has 0 aliphatic carbocycles. The summed E-state index contributed by atoms with van der Waals surface area (Å²) < 4.78 is 0. The molecule has 3 heteroatoms. The van der Waals surface area contributed by atoms with Crippen LogP contribution in [0.5, 0.6) is 0 Å². The fraction of sp³-hybridized carbons (Fsp3) is 0.308. The summed E-state index contributed by atoms with van der Waals surface area (Å²) in [7, 11) is 0. The van der Waals surface area contributed by atoms with E-state index in [2.05, 4.69) is 11.2 Å². The van der Waals surface area contributed by atoms with Crippen LogP contribution in [-0.2, 0) is 4.79 Å². The number of terminal acetylenes is 1. The lowest BCUT2D eigenvalue weighted by atomic mass is 9.99. The molecule has 2 N–H and O–H groups in total. The van der Waals surface area contributed by atoms with Gasteiger partial charge in [0.05, 0.1) is 12.1 Å². The fourth-order valence-corrected chi connectivity index (χ4v) is 1.54. The van der Waals surface area contributed by atoms with E-state index < -0.39 is 6.10 Å². The third-order valence-electron chi connectivity index (χ3n) is 2.40. The van der Waals surface area contributed by atoms with Crippen molar-refractivity contribution >= 4 is 6.41 Å². The highest BCUT2D eigenvalue weighted by Gasteiger charge is 2.19. The highest BCUT2D eigenvalue weighted by atomic mass is 16.3. The van der Waals surface area contributed by atoms with Gasteiger partial charge in [-0.3, -0.25) is 4.79 Å². The lowest BCUT2D eigenvalue weighted by molar-refractivity contribution is -0.111. The van der Waals surface area contributed by atoms with Gasteiger partial charge in [0.15, 0.2) is 0 Å². The smallest absolute Gasteiger partial charge is 0.207 e. The molecule has 0 aromatic heterocycles. The van der Waals surface area contributed by atoms with E-state index in [9.17, 15) is 9.90 Å². The van der Waals surface area contributed by atoms with E-state index in [-0.39, 0.29) is 6.04 Å². The Morgan fingerprint density at radius 3 is 2.69 bits per heavy atom. The fourth-order valence-electron chi connectivity index (χ4n) is 1.54. The van der Waals surface area contributed by atoms with E-state index in [0.29, 0.717) is 19.3 Å². The van der Waals surface area contributed by atoms with Gasteiger partial charge >= 0.3 is 0 Å². The Labute approximate surface area is 95.5 Å². The zero-order valence-electron chi connectivity index (χ0n) is 8.97. The first-order valence-corrected chi connectivity index (χ1v) is 5.15. The number of rotatable bonds is 6. The van der Waals surface area contributed by atoms with Crippen LogP contribution in [0.15, 0.2) is 30.3 Å². The van der Waals surface area contributed by atoms with Crippen molar-refractivity contribution in [1.29, 1.82) is 0 Å². The maximum atomic E-state index is 10.4. The van der Waals surface area contributed by atoms with E-state index in [1.54, 1.807) is 0 Å². The second-order valence-electron chi connectivity index (χ2n) is 3.49. The van der Waals surface area contributed by atoms with Gasteiger partial charge in [0.2, 0.25) is 6.41 Å². The molecule has 0 fully saturated rings. The molecule has 1 amide bonds. The summed E-state index contributed by atoms with van der Waals surface area (Å²) in [5, 5.41) is 12.6. The highest BCUT2D eigenvalue weighted by molar-refractivity contribution is 5.47. The molecule has 0 saturated heterocycles. The third-order valence-corrected chi connectivity index (χ3v) is 2.40. The topological polar surface area (TPSA) is 49.3 Å². The van der Waals surface area contributed by atoms with Crippen LogP contribution in [-0.4, -0.2) is 17.6 Å². The largest absolute Gasteiger partial charge is 0.386 e. The zero-order chi connectivity index (χ0) is 11.8. The number of amides is 1. The molecule has 0 heterocycles. The van der Waals surface area contributed by atoms with Crippen LogP contribution < -0.4 is 5.32 Å². The number of hydrogen-bond donors (Lipinski definition) is 2. The van der Waals surface area contributed by atoms with Crippen molar-refractivity contribution in [2.45, 2.75) is 25.0 Å². The van der Waals surface area contributed by atoms with Crippen LogP contribution in [0.25, 0.3) is 0 Å². The van der Waals surface area contributed by atoms with Crippen molar-refractivity contribution in [3.05, 3.63) is 35.9 Å². The number of carbonyl (C=O) groups is 1. The minimum Gasteiger partial charge on any atom is -0.386 e. The van der Waals surface area contributed by atoms with Crippen molar-refractivity contribution in [2.75, 3.05) is 0 Å². The molecule has 84 valence electrons. The maximum absolute atomic E-state index is 10.4. The van der Waals surface area contributed by atoms with Crippen LogP contribution >= 0.6 is 0 Å². The molecule has 1 aromatic carbocycles. The summed E-state index contributed by atoms with van der Waals surface area (Å²) in [6.07, 6.45) is 6.12. The first-order valence-electron chi connectivity index (χ1n) is 5.15. The van der Waals surface area contributed by atoms with Gasteiger partial charge in [-0.15, -0.1) is 12.3 Å². The van der Waals surface area contributed by atoms with Crippen molar-refractivity contribution in [3.8, 4) is 12.3 Å². The molecule has 0 unspecified atom stereocenters. The molecule has 1 rings (SSSR count). The standard InChI is InChI=1S/C13H15NO2/c1-2-3-9-12(14-10-15)13(16)11-7-5-4-6-8-11/h1,4-8,10,12-13,16H,3,9H2,(H,14,15)/t12-,13-/m1/s1. The van der Waals surface area contributed by atoms with Gasteiger partial charge in [0.25, 0.3) is 0 Å². The quantitative estimate of drug-likeness (QED) is 0.556. The molecule has 2 atom stereocenters. The van der Waals surface area contributed by atoms with E-state index in [4.69, 9.17) is 6.42 Å². The molecule has 0 spiro atoms. The van der Waals surface area contributed by atoms with Gasteiger partial charge in [0, 0.05) is 6.42 Å². The second kappa shape index (κ2) is 6.65. The molecule has 0 radical (unpaired) electrons. The van der Waals surface area contributed by atoms with Gasteiger partial charge in [-0.25, -0.2) is 0 Å². The minimum absolute atomic E-state index is 0.337. The molecule has 1 aromatic rings. The Morgan fingerprint density at radius 1 is 1.44 bits per heavy atom. The SMILES string of the molecule is C#CCC[C@@H](NC=O)[C@H](O)c1ccccc1. The predicted octanol–water partition coefficient (Wildman–Crippen LogP) is 1.25. The van der Waals surface area contributed by atoms with Crippen LogP contribution in [0.2, 0.25) is 0 Å². The number of aliphatic hydroxyl groups excluding tert-OH is 1. The summed E-state index contributed by atoms with van der Waals surface area (Å²) in [5.74, 6) is 2.50. The predicted molar refractivity (Wildman–Crippen MR) is 62.5 cm³/mol. The summed E-state index contributed by atoms with van der Waals surface area (Å²) >= 11 is 0. The first-order chi connectivity index (χ1) is 7.79. The number of nitrogens with one attached hydrogen (secondary N) is 1. The second-order valence-corrected chi connectivity index (χ2v) is 3.49. The van der Waals surface area contributed by atoms with Crippen LogP contribution in [0.3, 0.4) is 0 Å². The lowest BCUT2D eigenvalue weighted by Gasteiger charge is -2.21. The molecule has 16 heavy (non-hydrogen) atoms. The molecular formula is C13H15NO2.